The molecular formula is C19H26O4. The first-order valence-electron chi connectivity index (χ1n) is 8.51. The molecule has 1 aliphatic rings. The number of hydrogen-bond acceptors (Lipinski definition) is 3. The minimum absolute atomic E-state index is 0.254. The largest absolute Gasteiger partial charge is 0.481 e. The fourth-order valence-corrected chi connectivity index (χ4v) is 3.58. The van der Waals surface area contributed by atoms with Crippen LogP contribution in [0.5, 0.6) is 0 Å². The highest BCUT2D eigenvalue weighted by molar-refractivity contribution is 5.78. The van der Waals surface area contributed by atoms with Crippen molar-refractivity contribution < 1.29 is 19.4 Å². The SMILES string of the molecule is CCOC(=O)[C@H](CCc1ccccc1)CC1(C(=O)O)CCCC1. The predicted octanol–water partition coefficient (Wildman–Crippen LogP) is 3.83. The number of esters is 1. The van der Waals surface area contributed by atoms with Crippen molar-refractivity contribution in [3.05, 3.63) is 35.9 Å². The molecule has 1 saturated carbocycles. The number of rotatable bonds is 8. The molecule has 0 amide bonds. The Morgan fingerprint density at radius 1 is 1.22 bits per heavy atom. The van der Waals surface area contributed by atoms with Crippen LogP contribution in [-0.2, 0) is 20.7 Å². The second kappa shape index (κ2) is 8.14. The van der Waals surface area contributed by atoms with Gasteiger partial charge in [0.05, 0.1) is 17.9 Å². The number of carboxylic acid groups (broad SMARTS) is 1. The molecule has 126 valence electrons. The Hall–Kier alpha value is -1.84. The summed E-state index contributed by atoms with van der Waals surface area (Å²) < 4.78 is 5.20. The van der Waals surface area contributed by atoms with Crippen molar-refractivity contribution in [2.24, 2.45) is 11.3 Å². The van der Waals surface area contributed by atoms with E-state index in [1.807, 2.05) is 30.3 Å². The number of carboxylic acids is 1. The van der Waals surface area contributed by atoms with E-state index in [0.29, 0.717) is 32.3 Å². The lowest BCUT2D eigenvalue weighted by atomic mass is 9.76. The maximum atomic E-state index is 12.3. The Kier molecular flexibility index (Phi) is 6.20. The molecule has 2 rings (SSSR count). The second-order valence-electron chi connectivity index (χ2n) is 6.47. The van der Waals surface area contributed by atoms with Gasteiger partial charge in [-0.3, -0.25) is 9.59 Å². The zero-order valence-electron chi connectivity index (χ0n) is 13.8. The van der Waals surface area contributed by atoms with Crippen molar-refractivity contribution in [3.63, 3.8) is 0 Å². The van der Waals surface area contributed by atoms with Gasteiger partial charge in [0, 0.05) is 0 Å². The zero-order chi connectivity index (χ0) is 16.7. The molecule has 0 radical (unpaired) electrons. The normalized spacial score (nSPS) is 17.6. The van der Waals surface area contributed by atoms with Crippen LogP contribution in [-0.4, -0.2) is 23.7 Å². The van der Waals surface area contributed by atoms with Crippen LogP contribution in [0, 0.1) is 11.3 Å². The first-order chi connectivity index (χ1) is 11.1. The minimum atomic E-state index is -0.760. The first kappa shape index (κ1) is 17.5. The summed E-state index contributed by atoms with van der Waals surface area (Å²) in [6, 6.07) is 9.98. The molecular weight excluding hydrogens is 292 g/mol. The average Bonchev–Trinajstić information content (AvgIpc) is 3.02. The third-order valence-electron chi connectivity index (χ3n) is 4.90. The van der Waals surface area contributed by atoms with Crippen molar-refractivity contribution in [1.82, 2.24) is 0 Å². The molecule has 1 aromatic rings. The lowest BCUT2D eigenvalue weighted by Gasteiger charge is -2.28. The van der Waals surface area contributed by atoms with Crippen LogP contribution in [0.1, 0.15) is 51.0 Å². The van der Waals surface area contributed by atoms with Gasteiger partial charge in [-0.2, -0.15) is 0 Å². The van der Waals surface area contributed by atoms with Crippen LogP contribution >= 0.6 is 0 Å². The van der Waals surface area contributed by atoms with Crippen molar-refractivity contribution in [2.45, 2.75) is 51.9 Å². The summed E-state index contributed by atoms with van der Waals surface area (Å²) in [5.74, 6) is -1.36. The fourth-order valence-electron chi connectivity index (χ4n) is 3.58. The Morgan fingerprint density at radius 3 is 2.43 bits per heavy atom. The Labute approximate surface area is 137 Å². The summed E-state index contributed by atoms with van der Waals surface area (Å²) in [5, 5.41) is 9.66. The molecule has 1 aromatic carbocycles. The monoisotopic (exact) mass is 318 g/mol. The van der Waals surface area contributed by atoms with Gasteiger partial charge in [0.15, 0.2) is 0 Å². The van der Waals surface area contributed by atoms with Gasteiger partial charge < -0.3 is 9.84 Å². The van der Waals surface area contributed by atoms with Crippen molar-refractivity contribution in [2.75, 3.05) is 6.61 Å². The molecule has 1 N–H and O–H groups in total. The summed E-state index contributed by atoms with van der Waals surface area (Å²) >= 11 is 0. The van der Waals surface area contributed by atoms with Crippen LogP contribution in [0.25, 0.3) is 0 Å². The van der Waals surface area contributed by atoms with E-state index in [1.54, 1.807) is 6.92 Å². The van der Waals surface area contributed by atoms with E-state index in [1.165, 1.54) is 0 Å². The Balaban J connectivity index is 2.07. The van der Waals surface area contributed by atoms with Gasteiger partial charge in [0.1, 0.15) is 0 Å². The second-order valence-corrected chi connectivity index (χ2v) is 6.47. The number of ether oxygens (including phenoxy) is 1. The third-order valence-corrected chi connectivity index (χ3v) is 4.90. The van der Waals surface area contributed by atoms with Crippen molar-refractivity contribution in [1.29, 1.82) is 0 Å². The van der Waals surface area contributed by atoms with E-state index in [4.69, 9.17) is 4.74 Å². The van der Waals surface area contributed by atoms with Crippen LogP contribution < -0.4 is 0 Å². The van der Waals surface area contributed by atoms with Gasteiger partial charge in [-0.05, 0) is 44.6 Å². The first-order valence-corrected chi connectivity index (χ1v) is 8.51. The summed E-state index contributed by atoms with van der Waals surface area (Å²) in [5.41, 5.74) is 0.422. The predicted molar refractivity (Wildman–Crippen MR) is 88.0 cm³/mol. The minimum Gasteiger partial charge on any atom is -0.481 e. The smallest absolute Gasteiger partial charge is 0.309 e. The molecule has 0 saturated heterocycles. The van der Waals surface area contributed by atoms with Gasteiger partial charge in [0.25, 0.3) is 0 Å². The van der Waals surface area contributed by atoms with E-state index in [-0.39, 0.29) is 11.9 Å². The summed E-state index contributed by atoms with van der Waals surface area (Å²) in [4.78, 5) is 24.1. The van der Waals surface area contributed by atoms with E-state index in [9.17, 15) is 14.7 Å². The van der Waals surface area contributed by atoms with Gasteiger partial charge in [-0.1, -0.05) is 43.2 Å². The number of carbonyl (C=O) groups is 2. The van der Waals surface area contributed by atoms with Gasteiger partial charge in [-0.25, -0.2) is 0 Å². The lowest BCUT2D eigenvalue weighted by Crippen LogP contribution is -2.33. The van der Waals surface area contributed by atoms with E-state index in [2.05, 4.69) is 0 Å². The quantitative estimate of drug-likeness (QED) is 0.740. The number of aryl methyl sites for hydroxylation is 1. The molecule has 0 aromatic heterocycles. The van der Waals surface area contributed by atoms with Crippen LogP contribution in [0.4, 0.5) is 0 Å². The highest BCUT2D eigenvalue weighted by atomic mass is 16.5. The van der Waals surface area contributed by atoms with Crippen LogP contribution in [0.15, 0.2) is 30.3 Å². The highest BCUT2D eigenvalue weighted by Gasteiger charge is 2.44. The van der Waals surface area contributed by atoms with E-state index >= 15 is 0 Å². The molecule has 0 unspecified atom stereocenters. The highest BCUT2D eigenvalue weighted by Crippen LogP contribution is 2.44. The molecule has 0 aliphatic heterocycles. The van der Waals surface area contributed by atoms with Crippen LogP contribution in [0.3, 0.4) is 0 Å². The topological polar surface area (TPSA) is 63.6 Å². The molecule has 4 heteroatoms. The molecule has 0 spiro atoms. The molecule has 0 heterocycles. The summed E-state index contributed by atoms with van der Waals surface area (Å²) in [6.45, 7) is 2.12. The number of benzene rings is 1. The fraction of sp³-hybridized carbons (Fsp3) is 0.579. The summed E-state index contributed by atoms with van der Waals surface area (Å²) in [7, 11) is 0. The average molecular weight is 318 g/mol. The molecule has 4 nitrogen and oxygen atoms in total. The lowest BCUT2D eigenvalue weighted by molar-refractivity contribution is -0.154. The molecule has 0 bridgehead atoms. The standard InChI is InChI=1S/C19H26O4/c1-2-23-17(20)16(11-10-15-8-4-3-5-9-15)14-19(18(21)22)12-6-7-13-19/h3-5,8-9,16H,2,6-7,10-14H2,1H3,(H,21,22)/t16-/m1/s1. The van der Waals surface area contributed by atoms with Crippen molar-refractivity contribution >= 4 is 11.9 Å². The van der Waals surface area contributed by atoms with Gasteiger partial charge >= 0.3 is 11.9 Å². The van der Waals surface area contributed by atoms with E-state index < -0.39 is 11.4 Å². The molecule has 23 heavy (non-hydrogen) atoms. The molecule has 1 atom stereocenters. The van der Waals surface area contributed by atoms with Crippen molar-refractivity contribution in [3.8, 4) is 0 Å². The summed E-state index contributed by atoms with van der Waals surface area (Å²) in [6.07, 6.45) is 5.00. The molecule has 1 aliphatic carbocycles. The Bertz CT molecular complexity index is 517. The number of aliphatic carboxylic acids is 1. The maximum absolute atomic E-state index is 12.3. The number of hydrogen-bond donors (Lipinski definition) is 1. The molecule has 1 fully saturated rings. The number of carbonyl (C=O) groups excluding carboxylic acids is 1. The third kappa shape index (κ3) is 4.57. The maximum Gasteiger partial charge on any atom is 0.309 e. The zero-order valence-corrected chi connectivity index (χ0v) is 13.8. The van der Waals surface area contributed by atoms with Gasteiger partial charge in [0.2, 0.25) is 0 Å². The van der Waals surface area contributed by atoms with Crippen LogP contribution in [0.2, 0.25) is 0 Å². The Morgan fingerprint density at radius 2 is 1.87 bits per heavy atom. The van der Waals surface area contributed by atoms with Gasteiger partial charge in [-0.15, -0.1) is 0 Å². The van der Waals surface area contributed by atoms with E-state index in [0.717, 1.165) is 24.8 Å².